The van der Waals surface area contributed by atoms with Crippen LogP contribution >= 0.6 is 27.5 Å². The largest absolute Gasteiger partial charge is 0.490 e. The van der Waals surface area contributed by atoms with Gasteiger partial charge in [0.15, 0.2) is 23.9 Å². The topological polar surface area (TPSA) is 116 Å². The van der Waals surface area contributed by atoms with E-state index in [1.807, 2.05) is 24.3 Å². The number of hydrogen-bond acceptors (Lipinski definition) is 7. The molecule has 0 radical (unpaired) electrons. The van der Waals surface area contributed by atoms with Crippen LogP contribution in [0.3, 0.4) is 0 Å². The Kier molecular flexibility index (Phi) is 7.17. The first kappa shape index (κ1) is 25.5. The van der Waals surface area contributed by atoms with Crippen molar-refractivity contribution in [1.82, 2.24) is 9.66 Å². The minimum Gasteiger partial charge on any atom is -0.490 e. The SMILES string of the molecule is CCOc1cc(C=Nn2c(-c3cc4ccccc4o3)nc3ccccc3c2=O)c(Br)c(Cl)c1OCC(=O)O. The third kappa shape index (κ3) is 4.88. The molecule has 0 fully saturated rings. The maximum absolute atomic E-state index is 13.5. The molecule has 0 aliphatic rings. The average Bonchev–Trinajstić information content (AvgIpc) is 3.34. The van der Waals surface area contributed by atoms with Gasteiger partial charge in [-0.1, -0.05) is 41.9 Å². The van der Waals surface area contributed by atoms with Gasteiger partial charge in [-0.2, -0.15) is 9.78 Å². The Hall–Kier alpha value is -4.15. The molecule has 3 aromatic carbocycles. The highest BCUT2D eigenvalue weighted by molar-refractivity contribution is 9.10. The molecule has 2 heterocycles. The summed E-state index contributed by atoms with van der Waals surface area (Å²) in [5.74, 6) is -0.269. The summed E-state index contributed by atoms with van der Waals surface area (Å²) in [6.07, 6.45) is 1.42. The van der Waals surface area contributed by atoms with Crippen LogP contribution in [-0.4, -0.2) is 40.2 Å². The van der Waals surface area contributed by atoms with E-state index >= 15 is 0 Å². The zero-order chi connectivity index (χ0) is 26.8. The number of carbonyl (C=O) groups is 1. The summed E-state index contributed by atoms with van der Waals surface area (Å²) < 4.78 is 18.5. The van der Waals surface area contributed by atoms with Crippen LogP contribution in [0, 0.1) is 0 Å². The van der Waals surface area contributed by atoms with Gasteiger partial charge in [-0.05, 0) is 53.2 Å². The molecule has 0 unspecified atom stereocenters. The number of aromatic nitrogens is 2. The Bertz CT molecular complexity index is 1750. The van der Waals surface area contributed by atoms with Crippen molar-refractivity contribution in [3.8, 4) is 23.1 Å². The lowest BCUT2D eigenvalue weighted by molar-refractivity contribution is -0.139. The van der Waals surface area contributed by atoms with Gasteiger partial charge in [0, 0.05) is 15.4 Å². The number of aliphatic carboxylic acids is 1. The summed E-state index contributed by atoms with van der Waals surface area (Å²) in [7, 11) is 0. The predicted molar refractivity (Wildman–Crippen MR) is 148 cm³/mol. The molecule has 11 heteroatoms. The summed E-state index contributed by atoms with van der Waals surface area (Å²) in [4.78, 5) is 29.2. The highest BCUT2D eigenvalue weighted by Crippen LogP contribution is 2.42. The Morgan fingerprint density at radius 3 is 2.71 bits per heavy atom. The highest BCUT2D eigenvalue weighted by Gasteiger charge is 2.20. The van der Waals surface area contributed by atoms with Gasteiger partial charge in [-0.25, -0.2) is 9.78 Å². The number of rotatable bonds is 8. The number of halogens is 2. The van der Waals surface area contributed by atoms with Gasteiger partial charge in [0.05, 0.1) is 23.7 Å². The highest BCUT2D eigenvalue weighted by atomic mass is 79.9. The third-order valence-corrected chi connectivity index (χ3v) is 6.95. The lowest BCUT2D eigenvalue weighted by Crippen LogP contribution is -2.20. The van der Waals surface area contributed by atoms with E-state index in [-0.39, 0.29) is 29.0 Å². The fourth-order valence-corrected chi connectivity index (χ4v) is 4.49. The van der Waals surface area contributed by atoms with E-state index in [1.165, 1.54) is 6.21 Å². The number of fused-ring (bicyclic) bond motifs is 2. The zero-order valence-corrected chi connectivity index (χ0v) is 22.2. The van der Waals surface area contributed by atoms with Crippen molar-refractivity contribution >= 4 is 61.6 Å². The molecule has 38 heavy (non-hydrogen) atoms. The van der Waals surface area contributed by atoms with E-state index in [9.17, 15) is 9.59 Å². The molecule has 0 saturated carbocycles. The molecule has 5 aromatic rings. The fourth-order valence-electron chi connectivity index (χ4n) is 3.83. The number of para-hydroxylation sites is 2. The van der Waals surface area contributed by atoms with Crippen LogP contribution in [0.1, 0.15) is 12.5 Å². The number of hydrogen-bond donors (Lipinski definition) is 1. The van der Waals surface area contributed by atoms with Crippen molar-refractivity contribution in [1.29, 1.82) is 0 Å². The van der Waals surface area contributed by atoms with E-state index in [1.54, 1.807) is 43.3 Å². The zero-order valence-electron chi connectivity index (χ0n) is 19.9. The second-order valence-electron chi connectivity index (χ2n) is 8.00. The van der Waals surface area contributed by atoms with Crippen molar-refractivity contribution in [2.45, 2.75) is 6.92 Å². The number of carboxylic acids is 1. The van der Waals surface area contributed by atoms with Gasteiger partial charge in [0.25, 0.3) is 5.56 Å². The molecule has 0 amide bonds. The van der Waals surface area contributed by atoms with Gasteiger partial charge in [0.2, 0.25) is 5.82 Å². The van der Waals surface area contributed by atoms with Gasteiger partial charge in [0.1, 0.15) is 10.6 Å². The van der Waals surface area contributed by atoms with Gasteiger partial charge < -0.3 is 19.0 Å². The maximum atomic E-state index is 13.5. The standard InChI is InChI=1S/C27H19BrClN3O6/c1-2-36-20-12-16(23(28)24(29)25(20)37-14-22(33)34)13-30-32-26(21-11-15-7-3-6-10-19(15)38-21)31-18-9-5-4-8-17(18)27(32)35/h3-13H,2,14H2,1H3,(H,33,34). The van der Waals surface area contributed by atoms with Crippen LogP contribution in [-0.2, 0) is 4.79 Å². The lowest BCUT2D eigenvalue weighted by atomic mass is 10.2. The molecule has 0 atom stereocenters. The molecule has 0 saturated heterocycles. The smallest absolute Gasteiger partial charge is 0.341 e. The number of benzene rings is 3. The Morgan fingerprint density at radius 2 is 1.95 bits per heavy atom. The second kappa shape index (κ2) is 10.7. The summed E-state index contributed by atoms with van der Waals surface area (Å²) in [6.45, 7) is 1.45. The van der Waals surface area contributed by atoms with Crippen LogP contribution in [0.5, 0.6) is 11.5 Å². The Morgan fingerprint density at radius 1 is 1.18 bits per heavy atom. The monoisotopic (exact) mass is 595 g/mol. The first-order valence-corrected chi connectivity index (χ1v) is 12.6. The number of nitrogens with zero attached hydrogens (tertiary/aromatic N) is 3. The summed E-state index contributed by atoms with van der Waals surface area (Å²) in [5.41, 5.74) is 1.21. The Labute approximate surface area is 229 Å². The van der Waals surface area contributed by atoms with E-state index in [0.717, 1.165) is 10.1 Å². The summed E-state index contributed by atoms with van der Waals surface area (Å²) in [5, 5.41) is 14.8. The van der Waals surface area contributed by atoms with Crippen LogP contribution in [0.25, 0.3) is 33.5 Å². The van der Waals surface area contributed by atoms with Crippen LogP contribution < -0.4 is 15.0 Å². The number of ether oxygens (including phenoxy) is 2. The van der Waals surface area contributed by atoms with Crippen molar-refractivity contribution in [3.63, 3.8) is 0 Å². The molecule has 2 aromatic heterocycles. The molecule has 0 bridgehead atoms. The van der Waals surface area contributed by atoms with E-state index in [4.69, 9.17) is 30.6 Å². The van der Waals surface area contributed by atoms with Crippen molar-refractivity contribution < 1.29 is 23.8 Å². The fraction of sp³-hybridized carbons (Fsp3) is 0.111. The Balaban J connectivity index is 1.66. The van der Waals surface area contributed by atoms with Crippen LogP contribution in [0.15, 0.2) is 79.4 Å². The molecular formula is C27H19BrClN3O6. The minimum atomic E-state index is -1.16. The van der Waals surface area contributed by atoms with E-state index in [2.05, 4.69) is 26.0 Å². The van der Waals surface area contributed by atoms with Crippen molar-refractivity contribution in [2.24, 2.45) is 5.10 Å². The molecule has 0 aliphatic heterocycles. The van der Waals surface area contributed by atoms with Crippen LogP contribution in [0.2, 0.25) is 5.02 Å². The number of furan rings is 1. The molecule has 1 N–H and O–H groups in total. The first-order chi connectivity index (χ1) is 18.4. The minimum absolute atomic E-state index is 0.0763. The molecule has 0 spiro atoms. The van der Waals surface area contributed by atoms with Crippen molar-refractivity contribution in [3.05, 3.63) is 86.1 Å². The number of carboxylic acid groups (broad SMARTS) is 1. The molecule has 0 aliphatic carbocycles. The normalized spacial score (nSPS) is 11.4. The van der Waals surface area contributed by atoms with Crippen LogP contribution in [0.4, 0.5) is 0 Å². The summed E-state index contributed by atoms with van der Waals surface area (Å²) in [6, 6.07) is 17.8. The third-order valence-electron chi connectivity index (χ3n) is 5.51. The van der Waals surface area contributed by atoms with Gasteiger partial charge >= 0.3 is 5.97 Å². The van der Waals surface area contributed by atoms with E-state index in [0.29, 0.717) is 32.3 Å². The average molecular weight is 597 g/mol. The molecule has 192 valence electrons. The van der Waals surface area contributed by atoms with E-state index < -0.39 is 18.1 Å². The first-order valence-electron chi connectivity index (χ1n) is 11.4. The lowest BCUT2D eigenvalue weighted by Gasteiger charge is -2.15. The second-order valence-corrected chi connectivity index (χ2v) is 9.17. The quantitative estimate of drug-likeness (QED) is 0.219. The maximum Gasteiger partial charge on any atom is 0.341 e. The van der Waals surface area contributed by atoms with Gasteiger partial charge in [-0.15, -0.1) is 0 Å². The van der Waals surface area contributed by atoms with Gasteiger partial charge in [-0.3, -0.25) is 4.79 Å². The predicted octanol–water partition coefficient (Wildman–Crippen LogP) is 5.97. The molecular weight excluding hydrogens is 578 g/mol. The molecule has 9 nitrogen and oxygen atoms in total. The summed E-state index contributed by atoms with van der Waals surface area (Å²) >= 11 is 9.90. The molecule has 5 rings (SSSR count). The van der Waals surface area contributed by atoms with Crippen molar-refractivity contribution in [2.75, 3.05) is 13.2 Å².